The number of carbonyl (C=O) groups is 2. The van der Waals surface area contributed by atoms with E-state index >= 15 is 0 Å². The maximum atomic E-state index is 11.0. The zero-order valence-corrected chi connectivity index (χ0v) is 7.16. The van der Waals surface area contributed by atoms with Crippen LogP contribution >= 0.6 is 0 Å². The maximum absolute atomic E-state index is 11.0. The average molecular weight is 158 g/mol. The molecule has 0 fully saturated rings. The predicted octanol–water partition coefficient (Wildman–Crippen LogP) is 1.16. The second kappa shape index (κ2) is 4.88. The van der Waals surface area contributed by atoms with Crippen LogP contribution in [-0.4, -0.2) is 18.4 Å². The molecule has 3 heteroatoms. The van der Waals surface area contributed by atoms with Gasteiger partial charge in [0.15, 0.2) is 0 Å². The Balaban J connectivity index is 3.72. The van der Waals surface area contributed by atoms with Crippen LogP contribution in [0, 0.1) is 5.92 Å². The molecule has 0 bridgehead atoms. The van der Waals surface area contributed by atoms with Crippen LogP contribution in [0.5, 0.6) is 0 Å². The van der Waals surface area contributed by atoms with E-state index in [1.54, 1.807) is 20.8 Å². The Bertz CT molecular complexity index is 140. The minimum atomic E-state index is -0.310. The highest BCUT2D eigenvalue weighted by atomic mass is 16.5. The fourth-order valence-corrected chi connectivity index (χ4v) is 0.589. The lowest BCUT2D eigenvalue weighted by atomic mass is 10.1. The molecule has 0 heterocycles. The quantitative estimate of drug-likeness (QED) is 0.455. The van der Waals surface area contributed by atoms with E-state index in [9.17, 15) is 9.59 Å². The van der Waals surface area contributed by atoms with E-state index in [0.29, 0.717) is 0 Å². The molecule has 64 valence electrons. The van der Waals surface area contributed by atoms with Crippen molar-refractivity contribution in [2.45, 2.75) is 33.3 Å². The van der Waals surface area contributed by atoms with Crippen molar-refractivity contribution >= 4 is 12.3 Å². The molecule has 0 aromatic heterocycles. The van der Waals surface area contributed by atoms with E-state index < -0.39 is 0 Å². The molecule has 0 rings (SSSR count). The molecule has 0 aliphatic heterocycles. The van der Waals surface area contributed by atoms with Crippen LogP contribution in [0.15, 0.2) is 0 Å². The van der Waals surface area contributed by atoms with Gasteiger partial charge in [-0.1, -0.05) is 6.92 Å². The third-order valence-corrected chi connectivity index (χ3v) is 1.20. The van der Waals surface area contributed by atoms with E-state index in [2.05, 4.69) is 0 Å². The van der Waals surface area contributed by atoms with Gasteiger partial charge < -0.3 is 9.53 Å². The summed E-state index contributed by atoms with van der Waals surface area (Å²) in [7, 11) is 0. The molecule has 0 spiro atoms. The van der Waals surface area contributed by atoms with Crippen LogP contribution in [0.3, 0.4) is 0 Å². The van der Waals surface area contributed by atoms with Crippen LogP contribution < -0.4 is 0 Å². The van der Waals surface area contributed by atoms with Gasteiger partial charge in [-0.25, -0.2) is 0 Å². The van der Waals surface area contributed by atoms with E-state index in [1.165, 1.54) is 0 Å². The van der Waals surface area contributed by atoms with Gasteiger partial charge in [0.2, 0.25) is 0 Å². The number of hydrogen-bond acceptors (Lipinski definition) is 3. The molecule has 0 radical (unpaired) electrons. The summed E-state index contributed by atoms with van der Waals surface area (Å²) in [6.45, 7) is 5.25. The molecule has 0 aromatic rings. The van der Waals surface area contributed by atoms with Crippen LogP contribution in [0.4, 0.5) is 0 Å². The zero-order valence-electron chi connectivity index (χ0n) is 7.16. The summed E-state index contributed by atoms with van der Waals surface area (Å²) in [5.41, 5.74) is 0. The Hall–Kier alpha value is -0.860. The van der Waals surface area contributed by atoms with Gasteiger partial charge in [-0.3, -0.25) is 4.79 Å². The number of aldehydes is 1. The smallest absolute Gasteiger partial charge is 0.309 e. The van der Waals surface area contributed by atoms with Crippen molar-refractivity contribution in [1.29, 1.82) is 0 Å². The molecule has 0 N–H and O–H groups in total. The van der Waals surface area contributed by atoms with Gasteiger partial charge in [0.25, 0.3) is 0 Å². The molecule has 1 atom stereocenters. The van der Waals surface area contributed by atoms with Gasteiger partial charge in [0, 0.05) is 6.42 Å². The number of esters is 1. The third-order valence-electron chi connectivity index (χ3n) is 1.20. The van der Waals surface area contributed by atoms with Gasteiger partial charge in [-0.2, -0.15) is 0 Å². The van der Waals surface area contributed by atoms with Crippen molar-refractivity contribution < 1.29 is 14.3 Å². The van der Waals surface area contributed by atoms with Crippen molar-refractivity contribution in [2.24, 2.45) is 5.92 Å². The van der Waals surface area contributed by atoms with Crippen LogP contribution in [0.1, 0.15) is 27.2 Å². The summed E-state index contributed by atoms with van der Waals surface area (Å²) in [6, 6.07) is 0. The van der Waals surface area contributed by atoms with Gasteiger partial charge in [0.1, 0.15) is 6.29 Å². The summed E-state index contributed by atoms with van der Waals surface area (Å²) in [6.07, 6.45) is 0.870. The first kappa shape index (κ1) is 10.1. The Labute approximate surface area is 66.7 Å². The summed E-state index contributed by atoms with van der Waals surface area (Å²) in [5.74, 6) is -0.609. The van der Waals surface area contributed by atoms with E-state index in [-0.39, 0.29) is 24.4 Å². The van der Waals surface area contributed by atoms with E-state index in [4.69, 9.17) is 4.74 Å². The highest BCUT2D eigenvalue weighted by Gasteiger charge is 2.14. The zero-order chi connectivity index (χ0) is 8.85. The summed E-state index contributed by atoms with van der Waals surface area (Å²) in [4.78, 5) is 21.0. The highest BCUT2D eigenvalue weighted by Crippen LogP contribution is 2.03. The molecule has 11 heavy (non-hydrogen) atoms. The number of hydrogen-bond donors (Lipinski definition) is 0. The monoisotopic (exact) mass is 158 g/mol. The summed E-state index contributed by atoms with van der Waals surface area (Å²) < 4.78 is 4.87. The van der Waals surface area contributed by atoms with Crippen molar-refractivity contribution in [3.8, 4) is 0 Å². The lowest BCUT2D eigenvalue weighted by Crippen LogP contribution is -2.19. The Kier molecular flexibility index (Phi) is 4.50. The average Bonchev–Trinajstić information content (AvgIpc) is 1.86. The third kappa shape index (κ3) is 4.53. The molecule has 0 aromatic carbocycles. The first-order chi connectivity index (χ1) is 5.07. The molecule has 0 aliphatic carbocycles. The fourth-order valence-electron chi connectivity index (χ4n) is 0.589. The minimum Gasteiger partial charge on any atom is -0.463 e. The minimum absolute atomic E-state index is 0.100. The number of ether oxygens (including phenoxy) is 1. The second-order valence-corrected chi connectivity index (χ2v) is 2.79. The summed E-state index contributed by atoms with van der Waals surface area (Å²) in [5, 5.41) is 0. The van der Waals surface area contributed by atoms with Crippen molar-refractivity contribution in [1.82, 2.24) is 0 Å². The Morgan fingerprint density at radius 2 is 2.00 bits per heavy atom. The Morgan fingerprint density at radius 3 is 2.36 bits per heavy atom. The van der Waals surface area contributed by atoms with E-state index in [1.807, 2.05) is 0 Å². The van der Waals surface area contributed by atoms with Gasteiger partial charge in [-0.05, 0) is 13.8 Å². The second-order valence-electron chi connectivity index (χ2n) is 2.79. The normalized spacial score (nSPS) is 12.7. The topological polar surface area (TPSA) is 43.4 Å². The first-order valence-corrected chi connectivity index (χ1v) is 3.72. The van der Waals surface area contributed by atoms with Crippen LogP contribution in [0.25, 0.3) is 0 Å². The molecule has 3 nitrogen and oxygen atoms in total. The van der Waals surface area contributed by atoms with Crippen molar-refractivity contribution in [3.63, 3.8) is 0 Å². The molecular weight excluding hydrogens is 144 g/mol. The van der Waals surface area contributed by atoms with Gasteiger partial charge >= 0.3 is 5.97 Å². The fraction of sp³-hybridized carbons (Fsp3) is 0.750. The molecular formula is C8H14O3. The first-order valence-electron chi connectivity index (χ1n) is 3.72. The SMILES string of the molecule is CC(C)OC(=O)[C@@H](C)CC=O. The lowest BCUT2D eigenvalue weighted by Gasteiger charge is -2.10. The van der Waals surface area contributed by atoms with Crippen molar-refractivity contribution in [2.75, 3.05) is 0 Å². The molecule has 0 aliphatic rings. The molecule has 0 unspecified atom stereocenters. The maximum Gasteiger partial charge on any atom is 0.309 e. The summed E-state index contributed by atoms with van der Waals surface area (Å²) >= 11 is 0. The highest BCUT2D eigenvalue weighted by molar-refractivity contribution is 5.75. The number of carbonyl (C=O) groups excluding carboxylic acids is 2. The van der Waals surface area contributed by atoms with Gasteiger partial charge in [-0.15, -0.1) is 0 Å². The largest absolute Gasteiger partial charge is 0.463 e. The van der Waals surface area contributed by atoms with Crippen molar-refractivity contribution in [3.05, 3.63) is 0 Å². The van der Waals surface area contributed by atoms with Crippen LogP contribution in [0.2, 0.25) is 0 Å². The molecule has 0 amide bonds. The molecule has 0 saturated heterocycles. The Morgan fingerprint density at radius 1 is 1.45 bits per heavy atom. The standard InChI is InChI=1S/C8H14O3/c1-6(2)11-8(10)7(3)4-5-9/h5-7H,4H2,1-3H3/t7-/m0/s1. The predicted molar refractivity (Wildman–Crippen MR) is 41.1 cm³/mol. The van der Waals surface area contributed by atoms with Gasteiger partial charge in [0.05, 0.1) is 12.0 Å². The number of rotatable bonds is 4. The van der Waals surface area contributed by atoms with Crippen LogP contribution in [-0.2, 0) is 14.3 Å². The van der Waals surface area contributed by atoms with E-state index in [0.717, 1.165) is 6.29 Å². The lowest BCUT2D eigenvalue weighted by molar-refractivity contribution is -0.152. The molecule has 0 saturated carbocycles.